The van der Waals surface area contributed by atoms with Gasteiger partial charge in [-0.15, -0.1) is 0 Å². The highest BCUT2D eigenvalue weighted by molar-refractivity contribution is 5.06. The molecule has 0 N–H and O–H groups in total. The average molecular weight is 166 g/mol. The molecule has 0 bridgehead atoms. The maximum Gasteiger partial charge on any atom is -0.0269 e. The van der Waals surface area contributed by atoms with Crippen molar-refractivity contribution in [1.82, 2.24) is 0 Å². The van der Waals surface area contributed by atoms with Crippen molar-refractivity contribution in [3.63, 3.8) is 0 Å². The summed E-state index contributed by atoms with van der Waals surface area (Å²) >= 11 is 0. The highest BCUT2D eigenvalue weighted by atomic mass is 14.3. The molecule has 0 saturated carbocycles. The Hall–Kier alpha value is -0.260. The van der Waals surface area contributed by atoms with E-state index in [2.05, 4.69) is 33.8 Å². The molecule has 0 radical (unpaired) electrons. The Morgan fingerprint density at radius 1 is 1.50 bits per heavy atom. The van der Waals surface area contributed by atoms with Gasteiger partial charge in [-0.3, -0.25) is 0 Å². The smallest absolute Gasteiger partial charge is 0.0269 e. The van der Waals surface area contributed by atoms with Crippen LogP contribution in [0.4, 0.5) is 0 Å². The second kappa shape index (κ2) is 3.64. The molecular weight excluding hydrogens is 144 g/mol. The van der Waals surface area contributed by atoms with Gasteiger partial charge in [0.05, 0.1) is 0 Å². The molecule has 0 aliphatic heterocycles. The fourth-order valence-corrected chi connectivity index (χ4v) is 2.66. The van der Waals surface area contributed by atoms with Gasteiger partial charge in [0.1, 0.15) is 0 Å². The van der Waals surface area contributed by atoms with E-state index in [1.807, 2.05) is 0 Å². The number of allylic oxidation sites excluding steroid dienone is 2. The first kappa shape index (κ1) is 9.83. The van der Waals surface area contributed by atoms with E-state index in [-0.39, 0.29) is 0 Å². The lowest BCUT2D eigenvalue weighted by Crippen LogP contribution is -2.21. The molecule has 0 aromatic heterocycles. The zero-order chi connectivity index (χ0) is 9.19. The van der Waals surface area contributed by atoms with Gasteiger partial charge in [-0.25, -0.2) is 0 Å². The van der Waals surface area contributed by atoms with Crippen LogP contribution in [0.3, 0.4) is 0 Å². The molecule has 1 rings (SSSR count). The Morgan fingerprint density at radius 2 is 2.17 bits per heavy atom. The third kappa shape index (κ3) is 2.66. The summed E-state index contributed by atoms with van der Waals surface area (Å²) in [6.45, 7) is 9.39. The summed E-state index contributed by atoms with van der Waals surface area (Å²) in [6.07, 6.45) is 7.81. The summed E-state index contributed by atoms with van der Waals surface area (Å²) in [5, 5.41) is 0. The quantitative estimate of drug-likeness (QED) is 0.540. The van der Waals surface area contributed by atoms with E-state index in [0.717, 1.165) is 5.92 Å². The summed E-state index contributed by atoms with van der Waals surface area (Å²) in [5.74, 6) is 0.848. The van der Waals surface area contributed by atoms with Gasteiger partial charge in [-0.2, -0.15) is 0 Å². The van der Waals surface area contributed by atoms with Gasteiger partial charge in [-0.1, -0.05) is 32.4 Å². The van der Waals surface area contributed by atoms with Crippen LogP contribution in [0.1, 0.15) is 53.4 Å². The fourth-order valence-electron chi connectivity index (χ4n) is 2.66. The Bertz CT molecular complexity index is 176. The molecule has 1 aliphatic rings. The maximum absolute atomic E-state index is 2.45. The van der Waals surface area contributed by atoms with Crippen LogP contribution in [-0.2, 0) is 0 Å². The van der Waals surface area contributed by atoms with E-state index >= 15 is 0 Å². The van der Waals surface area contributed by atoms with E-state index in [9.17, 15) is 0 Å². The van der Waals surface area contributed by atoms with Gasteiger partial charge in [0.15, 0.2) is 0 Å². The fraction of sp³-hybridized carbons (Fsp3) is 0.833. The highest BCUT2D eigenvalue weighted by Crippen LogP contribution is 2.40. The van der Waals surface area contributed by atoms with Crippen molar-refractivity contribution in [3.05, 3.63) is 11.6 Å². The summed E-state index contributed by atoms with van der Waals surface area (Å²) < 4.78 is 0. The molecule has 1 atom stereocenters. The Kier molecular flexibility index (Phi) is 2.98. The predicted molar refractivity (Wildman–Crippen MR) is 55.2 cm³/mol. The van der Waals surface area contributed by atoms with Crippen molar-refractivity contribution in [3.8, 4) is 0 Å². The second-order valence-corrected chi connectivity index (χ2v) is 5.17. The minimum absolute atomic E-state index is 0.604. The average Bonchev–Trinajstić information content (AvgIpc) is 1.82. The van der Waals surface area contributed by atoms with Crippen molar-refractivity contribution in [1.29, 1.82) is 0 Å². The van der Waals surface area contributed by atoms with Gasteiger partial charge >= 0.3 is 0 Å². The van der Waals surface area contributed by atoms with Crippen LogP contribution < -0.4 is 0 Å². The predicted octanol–water partition coefficient (Wildman–Crippen LogP) is 4.17. The van der Waals surface area contributed by atoms with Crippen LogP contribution in [0, 0.1) is 11.3 Å². The standard InChI is InChI=1S/C12H22/c1-10(2)8-12(4)7-5-6-11(3)9-12/h6,10H,5,7-9H2,1-4H3. The third-order valence-electron chi connectivity index (χ3n) is 2.85. The van der Waals surface area contributed by atoms with Crippen molar-refractivity contribution in [2.24, 2.45) is 11.3 Å². The van der Waals surface area contributed by atoms with E-state index in [0.29, 0.717) is 5.41 Å². The minimum atomic E-state index is 0.604. The monoisotopic (exact) mass is 166 g/mol. The van der Waals surface area contributed by atoms with Crippen LogP contribution in [0.25, 0.3) is 0 Å². The topological polar surface area (TPSA) is 0 Å². The van der Waals surface area contributed by atoms with Gasteiger partial charge in [-0.05, 0) is 43.9 Å². The molecule has 70 valence electrons. The molecule has 12 heavy (non-hydrogen) atoms. The van der Waals surface area contributed by atoms with Crippen LogP contribution in [0.5, 0.6) is 0 Å². The van der Waals surface area contributed by atoms with E-state index in [4.69, 9.17) is 0 Å². The molecule has 1 aliphatic carbocycles. The number of hydrogen-bond donors (Lipinski definition) is 0. The molecule has 0 spiro atoms. The Balaban J connectivity index is 2.55. The van der Waals surface area contributed by atoms with Crippen molar-refractivity contribution in [2.45, 2.75) is 53.4 Å². The van der Waals surface area contributed by atoms with Crippen LogP contribution in [0.15, 0.2) is 11.6 Å². The first-order chi connectivity index (χ1) is 5.52. The summed E-state index contributed by atoms with van der Waals surface area (Å²) in [5.41, 5.74) is 2.21. The molecule has 0 heterocycles. The molecule has 0 nitrogen and oxygen atoms in total. The maximum atomic E-state index is 2.45. The summed E-state index contributed by atoms with van der Waals surface area (Å²) in [4.78, 5) is 0. The van der Waals surface area contributed by atoms with E-state index in [1.165, 1.54) is 25.7 Å². The lowest BCUT2D eigenvalue weighted by atomic mass is 9.71. The van der Waals surface area contributed by atoms with Crippen LogP contribution >= 0.6 is 0 Å². The Labute approximate surface area is 77.1 Å². The molecule has 0 aromatic carbocycles. The van der Waals surface area contributed by atoms with Crippen molar-refractivity contribution >= 4 is 0 Å². The van der Waals surface area contributed by atoms with Gasteiger partial charge in [0.25, 0.3) is 0 Å². The summed E-state index contributed by atoms with van der Waals surface area (Å²) in [7, 11) is 0. The normalized spacial score (nSPS) is 30.6. The lowest BCUT2D eigenvalue weighted by Gasteiger charge is -2.34. The second-order valence-electron chi connectivity index (χ2n) is 5.17. The zero-order valence-electron chi connectivity index (χ0n) is 8.98. The molecule has 1 unspecified atom stereocenters. The van der Waals surface area contributed by atoms with E-state index < -0.39 is 0 Å². The minimum Gasteiger partial charge on any atom is -0.0856 e. The van der Waals surface area contributed by atoms with Gasteiger partial charge in [0.2, 0.25) is 0 Å². The molecule has 0 heteroatoms. The first-order valence-electron chi connectivity index (χ1n) is 5.17. The molecule has 0 aromatic rings. The highest BCUT2D eigenvalue weighted by Gasteiger charge is 2.27. The molecular formula is C12H22. The van der Waals surface area contributed by atoms with Gasteiger partial charge in [0, 0.05) is 0 Å². The molecule has 0 fully saturated rings. The summed E-state index contributed by atoms with van der Waals surface area (Å²) in [6, 6.07) is 0. The van der Waals surface area contributed by atoms with Gasteiger partial charge < -0.3 is 0 Å². The molecule has 0 saturated heterocycles. The van der Waals surface area contributed by atoms with Crippen molar-refractivity contribution < 1.29 is 0 Å². The van der Waals surface area contributed by atoms with Crippen molar-refractivity contribution in [2.75, 3.05) is 0 Å². The third-order valence-corrected chi connectivity index (χ3v) is 2.85. The first-order valence-corrected chi connectivity index (χ1v) is 5.17. The van der Waals surface area contributed by atoms with Crippen LogP contribution in [-0.4, -0.2) is 0 Å². The zero-order valence-corrected chi connectivity index (χ0v) is 8.98. The largest absolute Gasteiger partial charge is 0.0856 e. The van der Waals surface area contributed by atoms with E-state index in [1.54, 1.807) is 5.57 Å². The Morgan fingerprint density at radius 3 is 2.67 bits per heavy atom. The van der Waals surface area contributed by atoms with Crippen LogP contribution in [0.2, 0.25) is 0 Å². The SMILES string of the molecule is CC1=CCCC(C)(CC(C)C)C1. The number of rotatable bonds is 2. The number of hydrogen-bond acceptors (Lipinski definition) is 0. The molecule has 0 amide bonds. The lowest BCUT2D eigenvalue weighted by molar-refractivity contribution is 0.226.